The number of H-pyrrole nitrogens is 1. The van der Waals surface area contributed by atoms with Gasteiger partial charge in [-0.1, -0.05) is 0 Å². The Morgan fingerprint density at radius 3 is 2.73 bits per heavy atom. The molecule has 0 amide bonds. The maximum absolute atomic E-state index is 11.9. The monoisotopic (exact) mass is 427 g/mol. The van der Waals surface area contributed by atoms with E-state index in [1.807, 2.05) is 0 Å². The number of hydrogen-bond acceptors (Lipinski definition) is 11. The van der Waals surface area contributed by atoms with Gasteiger partial charge in [0, 0.05) is 18.9 Å². The third-order valence-electron chi connectivity index (χ3n) is 3.72. The van der Waals surface area contributed by atoms with Crippen molar-refractivity contribution in [2.24, 2.45) is 0 Å². The number of ether oxygens (including phenoxy) is 1. The number of nitrogens with two attached hydrogens (primary N) is 1. The summed E-state index contributed by atoms with van der Waals surface area (Å²) in [5.41, 5.74) is 5.02. The van der Waals surface area contributed by atoms with Crippen molar-refractivity contribution in [1.29, 1.82) is 0 Å². The minimum Gasteiger partial charge on any atom is -0.387 e. The lowest BCUT2D eigenvalue weighted by atomic mass is 10.1. The second kappa shape index (κ2) is 7.55. The molecule has 1 fully saturated rings. The largest absolute Gasteiger partial charge is 0.480 e. The van der Waals surface area contributed by atoms with E-state index in [0.717, 1.165) is 0 Å². The quantitative estimate of drug-likeness (QED) is 0.417. The summed E-state index contributed by atoms with van der Waals surface area (Å²) in [4.78, 5) is 22.0. The number of nitrogens with zero attached hydrogens (tertiary/aromatic N) is 3. The third kappa shape index (κ3) is 3.55. The summed E-state index contributed by atoms with van der Waals surface area (Å²) in [5, 5.41) is 20.4. The normalized spacial score (nSPS) is 26.6. The summed E-state index contributed by atoms with van der Waals surface area (Å²) in [6.45, 7) is -0.405. The van der Waals surface area contributed by atoms with Gasteiger partial charge in [0.15, 0.2) is 17.4 Å². The highest BCUT2D eigenvalue weighted by Crippen LogP contribution is 2.53. The molecule has 3 heterocycles. The lowest BCUT2D eigenvalue weighted by Crippen LogP contribution is -2.33. The van der Waals surface area contributed by atoms with E-state index in [0.29, 0.717) is 0 Å². The molecule has 5 N–H and O–H groups in total. The molecule has 2 aromatic rings. The van der Waals surface area contributed by atoms with Gasteiger partial charge in [-0.25, -0.2) is 9.55 Å². The van der Waals surface area contributed by atoms with Crippen LogP contribution in [0.4, 0.5) is 5.95 Å². The van der Waals surface area contributed by atoms with Crippen LogP contribution in [0.25, 0.3) is 11.2 Å². The molecule has 0 radical (unpaired) electrons. The van der Waals surface area contributed by atoms with Crippen molar-refractivity contribution in [3.8, 4) is 0 Å². The molecule has 1 aliphatic heterocycles. The number of hydrogen-bond donors (Lipinski definition) is 4. The Kier molecular flexibility index (Phi) is 5.74. The Morgan fingerprint density at radius 2 is 2.08 bits per heavy atom. The van der Waals surface area contributed by atoms with E-state index < -0.39 is 44.5 Å². The minimum atomic E-state index is -3.85. The van der Waals surface area contributed by atoms with Gasteiger partial charge in [-0.15, -0.1) is 0 Å². The van der Waals surface area contributed by atoms with Crippen LogP contribution in [0.2, 0.25) is 0 Å². The predicted octanol–water partition coefficient (Wildman–Crippen LogP) is -0.941. The van der Waals surface area contributed by atoms with Gasteiger partial charge in [-0.3, -0.25) is 27.5 Å². The number of nitrogens with one attached hydrogen (secondary N) is 1. The highest BCUT2D eigenvalue weighted by atomic mass is 31.2. The Hall–Kier alpha value is -1.00. The van der Waals surface area contributed by atoms with E-state index in [1.165, 1.54) is 10.9 Å². The average Bonchev–Trinajstić information content (AvgIpc) is 3.15. The molecule has 26 heavy (non-hydrogen) atoms. The van der Waals surface area contributed by atoms with Gasteiger partial charge >= 0.3 is 7.82 Å². The van der Waals surface area contributed by atoms with Crippen LogP contribution in [-0.4, -0.2) is 54.7 Å². The molecule has 1 aliphatic rings. The van der Waals surface area contributed by atoms with Crippen LogP contribution in [0.15, 0.2) is 11.1 Å². The molecule has 144 valence electrons. The van der Waals surface area contributed by atoms with Gasteiger partial charge in [0.05, 0.1) is 12.9 Å². The zero-order chi connectivity index (χ0) is 19.1. The molecule has 6 atom stereocenters. The first-order chi connectivity index (χ1) is 12.3. The lowest BCUT2D eigenvalue weighted by molar-refractivity contribution is -0.0495. The van der Waals surface area contributed by atoms with Crippen LogP contribution >= 0.6 is 26.8 Å². The molecular formula is C10H16N5O8P3. The number of aliphatic hydroxyl groups is 2. The number of rotatable bonds is 6. The number of fused-ring (bicyclic) bond motifs is 1. The van der Waals surface area contributed by atoms with Crippen molar-refractivity contribution in [3.05, 3.63) is 16.7 Å². The Bertz CT molecular complexity index is 896. The first kappa shape index (κ1) is 19.8. The molecule has 16 heteroatoms. The molecule has 0 aliphatic carbocycles. The van der Waals surface area contributed by atoms with E-state index in [1.54, 1.807) is 18.9 Å². The zero-order valence-corrected chi connectivity index (χ0v) is 16.2. The molecule has 13 nitrogen and oxygen atoms in total. The highest BCUT2D eigenvalue weighted by molar-refractivity contribution is 7.56. The van der Waals surface area contributed by atoms with Crippen molar-refractivity contribution >= 4 is 43.9 Å². The molecule has 0 spiro atoms. The molecule has 1 saturated heterocycles. The summed E-state index contributed by atoms with van der Waals surface area (Å²) in [6, 6.07) is 0. The van der Waals surface area contributed by atoms with Crippen molar-refractivity contribution in [3.63, 3.8) is 0 Å². The maximum Gasteiger partial charge on any atom is 0.480 e. The fourth-order valence-electron chi connectivity index (χ4n) is 2.48. The van der Waals surface area contributed by atoms with Crippen LogP contribution in [-0.2, 0) is 22.4 Å². The van der Waals surface area contributed by atoms with Crippen molar-refractivity contribution in [2.75, 3.05) is 12.3 Å². The summed E-state index contributed by atoms with van der Waals surface area (Å²) in [7, 11) is -0.373. The van der Waals surface area contributed by atoms with E-state index in [2.05, 4.69) is 23.6 Å². The predicted molar refractivity (Wildman–Crippen MR) is 93.6 cm³/mol. The van der Waals surface area contributed by atoms with Gasteiger partial charge in [0.2, 0.25) is 5.95 Å². The molecule has 2 unspecified atom stereocenters. The van der Waals surface area contributed by atoms with Crippen molar-refractivity contribution < 1.29 is 32.7 Å². The number of aliphatic hydroxyl groups excluding tert-OH is 2. The van der Waals surface area contributed by atoms with Crippen LogP contribution < -0.4 is 11.3 Å². The van der Waals surface area contributed by atoms with E-state index in [9.17, 15) is 19.6 Å². The summed E-state index contributed by atoms with van der Waals surface area (Å²) in [5.74, 6) is -0.145. The van der Waals surface area contributed by atoms with Gasteiger partial charge in [0.1, 0.15) is 18.3 Å². The fraction of sp³-hybridized carbons (Fsp3) is 0.500. The fourth-order valence-corrected chi connectivity index (χ4v) is 3.94. The van der Waals surface area contributed by atoms with E-state index in [4.69, 9.17) is 15.0 Å². The summed E-state index contributed by atoms with van der Waals surface area (Å²) >= 11 is 0. The second-order valence-electron chi connectivity index (χ2n) is 5.28. The van der Waals surface area contributed by atoms with Gasteiger partial charge in [0.25, 0.3) is 5.56 Å². The van der Waals surface area contributed by atoms with Crippen LogP contribution in [0.1, 0.15) is 6.23 Å². The summed E-state index contributed by atoms with van der Waals surface area (Å²) < 4.78 is 32.7. The maximum atomic E-state index is 11.9. The van der Waals surface area contributed by atoms with E-state index in [-0.39, 0.29) is 17.1 Å². The molecule has 0 saturated carbocycles. The van der Waals surface area contributed by atoms with Crippen molar-refractivity contribution in [2.45, 2.75) is 24.5 Å². The number of phosphoric acid groups is 1. The van der Waals surface area contributed by atoms with Gasteiger partial charge < -0.3 is 20.7 Å². The Morgan fingerprint density at radius 1 is 1.38 bits per heavy atom. The zero-order valence-electron chi connectivity index (χ0n) is 13.0. The Labute approximate surface area is 150 Å². The SMILES string of the molecule is Nc1nc2c(ncn2[C@@H]2O[C@H](COP(=O)(OP)OP)[C@@H](O)[C@H]2O)c(=O)[nH]1. The molecular weight excluding hydrogens is 411 g/mol. The van der Waals surface area contributed by atoms with Crippen LogP contribution in [0, 0.1) is 0 Å². The number of anilines is 1. The standard InChI is InChI=1S/C10H16N5O8P3/c11-10-13-7-4(8(18)14-10)12-2-15(7)9-6(17)5(16)3(21-9)1-20-26(19,22-24)23-25/h2-3,5-6,9,16-17H,1,24-25H2,(H3,11,13,14,18)/t3-,5-,6-,9-/m1/s1. The minimum absolute atomic E-state index is 0.0125. The first-order valence-corrected chi connectivity index (χ1v) is 9.45. The molecule has 2 aromatic heterocycles. The van der Waals surface area contributed by atoms with E-state index >= 15 is 0 Å². The van der Waals surface area contributed by atoms with Crippen LogP contribution in [0.3, 0.4) is 0 Å². The second-order valence-corrected chi connectivity index (χ2v) is 8.11. The number of aromatic amines is 1. The lowest BCUT2D eigenvalue weighted by Gasteiger charge is -2.18. The van der Waals surface area contributed by atoms with Gasteiger partial charge in [-0.05, 0) is 0 Å². The third-order valence-corrected chi connectivity index (χ3v) is 6.25. The average molecular weight is 427 g/mol. The smallest absolute Gasteiger partial charge is 0.387 e. The highest BCUT2D eigenvalue weighted by Gasteiger charge is 2.45. The summed E-state index contributed by atoms with van der Waals surface area (Å²) in [6.07, 6.45) is -3.78. The molecule has 0 bridgehead atoms. The van der Waals surface area contributed by atoms with Gasteiger partial charge in [-0.2, -0.15) is 4.98 Å². The molecule has 0 aromatic carbocycles. The first-order valence-electron chi connectivity index (χ1n) is 7.05. The topological polar surface area (TPSA) is 184 Å². The molecule has 3 rings (SSSR count). The number of aromatic nitrogens is 4. The Balaban J connectivity index is 1.84. The number of nitrogen functional groups attached to an aromatic ring is 1. The van der Waals surface area contributed by atoms with Crippen LogP contribution in [0.5, 0.6) is 0 Å². The van der Waals surface area contributed by atoms with Crippen molar-refractivity contribution in [1.82, 2.24) is 19.5 Å². The number of imidazole rings is 1.